The lowest BCUT2D eigenvalue weighted by atomic mass is 10.1. The predicted octanol–water partition coefficient (Wildman–Crippen LogP) is 3.15. The Balaban J connectivity index is 2.74. The van der Waals surface area contributed by atoms with Crippen molar-refractivity contribution in [1.82, 2.24) is 5.32 Å². The molecule has 0 saturated heterocycles. The molecule has 21 heavy (non-hydrogen) atoms. The summed E-state index contributed by atoms with van der Waals surface area (Å²) in [5.74, 6) is -0.681. The van der Waals surface area contributed by atoms with Gasteiger partial charge in [-0.1, -0.05) is 15.9 Å². The van der Waals surface area contributed by atoms with Gasteiger partial charge >= 0.3 is 18.2 Å². The highest BCUT2D eigenvalue weighted by molar-refractivity contribution is 9.10. The highest BCUT2D eigenvalue weighted by atomic mass is 79.9. The number of anilines is 1. The molecule has 0 saturated carbocycles. The zero-order valence-electron chi connectivity index (χ0n) is 10.9. The minimum absolute atomic E-state index is 0.146. The van der Waals surface area contributed by atoms with Crippen LogP contribution in [0, 0.1) is 0 Å². The summed E-state index contributed by atoms with van der Waals surface area (Å²) < 4.78 is 43.3. The summed E-state index contributed by atoms with van der Waals surface area (Å²) in [5, 5.41) is 4.15. The quantitative estimate of drug-likeness (QED) is 0.802. The van der Waals surface area contributed by atoms with E-state index in [1.165, 1.54) is 6.07 Å². The Bertz CT molecular complexity index is 535. The Morgan fingerprint density at radius 1 is 1.33 bits per heavy atom. The van der Waals surface area contributed by atoms with Gasteiger partial charge in [-0.15, -0.1) is 0 Å². The molecule has 0 atom stereocenters. The fourth-order valence-corrected chi connectivity index (χ4v) is 1.75. The Labute approximate surface area is 127 Å². The van der Waals surface area contributed by atoms with Gasteiger partial charge in [0.25, 0.3) is 0 Å². The van der Waals surface area contributed by atoms with Crippen LogP contribution >= 0.6 is 15.9 Å². The summed E-state index contributed by atoms with van der Waals surface area (Å²) in [7, 11) is 0. The first-order chi connectivity index (χ1) is 9.74. The monoisotopic (exact) mass is 368 g/mol. The van der Waals surface area contributed by atoms with Crippen LogP contribution in [0.3, 0.4) is 0 Å². The van der Waals surface area contributed by atoms with Crippen molar-refractivity contribution in [2.45, 2.75) is 13.1 Å². The first kappa shape index (κ1) is 17.3. The smallest absolute Gasteiger partial charge is 0.418 e. The van der Waals surface area contributed by atoms with E-state index in [-0.39, 0.29) is 11.1 Å². The minimum atomic E-state index is -4.62. The van der Waals surface area contributed by atoms with Crippen LogP contribution in [0.1, 0.15) is 12.5 Å². The molecular formula is C12H12BrF3N2O3. The lowest BCUT2D eigenvalue weighted by Crippen LogP contribution is -2.34. The first-order valence-electron chi connectivity index (χ1n) is 5.81. The molecule has 1 aromatic carbocycles. The van der Waals surface area contributed by atoms with E-state index in [1.54, 1.807) is 6.92 Å². The summed E-state index contributed by atoms with van der Waals surface area (Å²) in [6.45, 7) is 1.31. The van der Waals surface area contributed by atoms with Gasteiger partial charge in [0, 0.05) is 4.47 Å². The minimum Gasteiger partial charge on any atom is -0.465 e. The molecule has 5 nitrogen and oxygen atoms in total. The van der Waals surface area contributed by atoms with Crippen molar-refractivity contribution < 1.29 is 27.5 Å². The summed E-state index contributed by atoms with van der Waals surface area (Å²) >= 11 is 2.93. The summed E-state index contributed by atoms with van der Waals surface area (Å²) in [4.78, 5) is 22.5. The zero-order valence-corrected chi connectivity index (χ0v) is 12.5. The molecule has 1 rings (SSSR count). The molecule has 116 valence electrons. The van der Waals surface area contributed by atoms with E-state index in [0.29, 0.717) is 0 Å². The van der Waals surface area contributed by atoms with Crippen LogP contribution in [0.4, 0.5) is 23.7 Å². The number of amides is 2. The molecule has 2 N–H and O–H groups in total. The summed E-state index contributed by atoms with van der Waals surface area (Å²) in [6, 6.07) is 2.38. The van der Waals surface area contributed by atoms with Crippen LogP contribution in [0.25, 0.3) is 0 Å². The van der Waals surface area contributed by atoms with Crippen molar-refractivity contribution in [3.05, 3.63) is 28.2 Å². The van der Waals surface area contributed by atoms with Crippen LogP contribution in [-0.2, 0) is 15.7 Å². The van der Waals surface area contributed by atoms with E-state index in [1.807, 2.05) is 5.32 Å². The van der Waals surface area contributed by atoms with Gasteiger partial charge in [-0.2, -0.15) is 13.2 Å². The number of esters is 1. The number of halogens is 4. The van der Waals surface area contributed by atoms with E-state index in [2.05, 4.69) is 26.0 Å². The number of urea groups is 1. The standard InChI is InChI=1S/C12H12BrF3N2O3/c1-2-21-10(19)6-17-11(20)18-9-4-3-7(13)5-8(9)12(14,15)16/h3-5H,2,6H2,1H3,(H2,17,18,20). The van der Waals surface area contributed by atoms with E-state index in [9.17, 15) is 22.8 Å². The predicted molar refractivity (Wildman–Crippen MR) is 72.8 cm³/mol. The van der Waals surface area contributed by atoms with E-state index < -0.39 is 36.0 Å². The molecule has 0 aliphatic heterocycles. The van der Waals surface area contributed by atoms with E-state index in [4.69, 9.17) is 0 Å². The third-order valence-corrected chi connectivity index (χ3v) is 2.73. The maximum atomic E-state index is 12.8. The lowest BCUT2D eigenvalue weighted by molar-refractivity contribution is -0.141. The number of carbonyl (C=O) groups excluding carboxylic acids is 2. The second-order valence-corrected chi connectivity index (χ2v) is 4.72. The molecule has 0 aliphatic carbocycles. The lowest BCUT2D eigenvalue weighted by Gasteiger charge is -2.14. The number of ether oxygens (including phenoxy) is 1. The van der Waals surface area contributed by atoms with Gasteiger partial charge in [0.15, 0.2) is 0 Å². The average Bonchev–Trinajstić information content (AvgIpc) is 2.38. The molecule has 0 aliphatic rings. The third kappa shape index (κ3) is 5.62. The largest absolute Gasteiger partial charge is 0.465 e. The number of carbonyl (C=O) groups is 2. The Morgan fingerprint density at radius 2 is 2.00 bits per heavy atom. The third-order valence-electron chi connectivity index (χ3n) is 2.23. The fraction of sp³-hybridized carbons (Fsp3) is 0.333. The zero-order chi connectivity index (χ0) is 16.0. The van der Waals surface area contributed by atoms with Crippen molar-refractivity contribution in [1.29, 1.82) is 0 Å². The van der Waals surface area contributed by atoms with Crippen molar-refractivity contribution in [2.24, 2.45) is 0 Å². The van der Waals surface area contributed by atoms with Crippen LogP contribution in [0.2, 0.25) is 0 Å². The first-order valence-corrected chi connectivity index (χ1v) is 6.60. The van der Waals surface area contributed by atoms with Crippen LogP contribution in [0.5, 0.6) is 0 Å². The normalized spacial score (nSPS) is 10.9. The second-order valence-electron chi connectivity index (χ2n) is 3.80. The van der Waals surface area contributed by atoms with Crippen molar-refractivity contribution in [2.75, 3.05) is 18.5 Å². The molecule has 0 fully saturated rings. The van der Waals surface area contributed by atoms with Crippen LogP contribution in [0.15, 0.2) is 22.7 Å². The van der Waals surface area contributed by atoms with Crippen LogP contribution in [-0.4, -0.2) is 25.2 Å². The molecule has 0 spiro atoms. The number of hydrogen-bond donors (Lipinski definition) is 2. The molecule has 0 radical (unpaired) electrons. The van der Waals surface area contributed by atoms with Gasteiger partial charge < -0.3 is 15.4 Å². The van der Waals surface area contributed by atoms with Gasteiger partial charge in [-0.3, -0.25) is 4.79 Å². The van der Waals surface area contributed by atoms with E-state index in [0.717, 1.165) is 12.1 Å². The van der Waals surface area contributed by atoms with Gasteiger partial charge in [0.05, 0.1) is 17.9 Å². The summed E-state index contributed by atoms with van der Waals surface area (Å²) in [6.07, 6.45) is -4.62. The Morgan fingerprint density at radius 3 is 2.57 bits per heavy atom. The Hall–Kier alpha value is -1.77. The summed E-state index contributed by atoms with van der Waals surface area (Å²) in [5.41, 5.74) is -1.41. The molecule has 9 heteroatoms. The number of nitrogens with one attached hydrogen (secondary N) is 2. The maximum Gasteiger partial charge on any atom is 0.418 e. The topological polar surface area (TPSA) is 67.4 Å². The van der Waals surface area contributed by atoms with E-state index >= 15 is 0 Å². The van der Waals surface area contributed by atoms with Crippen molar-refractivity contribution in [3.8, 4) is 0 Å². The molecule has 0 unspecified atom stereocenters. The van der Waals surface area contributed by atoms with Gasteiger partial charge in [-0.25, -0.2) is 4.79 Å². The second kappa shape index (κ2) is 7.30. The molecule has 1 aromatic rings. The number of hydrogen-bond acceptors (Lipinski definition) is 3. The Kier molecular flexibility index (Phi) is 6.01. The average molecular weight is 369 g/mol. The van der Waals surface area contributed by atoms with Gasteiger partial charge in [-0.05, 0) is 25.1 Å². The molecular weight excluding hydrogens is 357 g/mol. The molecule has 0 heterocycles. The highest BCUT2D eigenvalue weighted by Crippen LogP contribution is 2.36. The number of rotatable bonds is 4. The highest BCUT2D eigenvalue weighted by Gasteiger charge is 2.34. The van der Waals surface area contributed by atoms with Gasteiger partial charge in [0.1, 0.15) is 6.54 Å². The molecule has 0 bridgehead atoms. The number of benzene rings is 1. The van der Waals surface area contributed by atoms with Crippen molar-refractivity contribution >= 4 is 33.6 Å². The number of alkyl halides is 3. The molecule has 0 aromatic heterocycles. The molecule has 2 amide bonds. The SMILES string of the molecule is CCOC(=O)CNC(=O)Nc1ccc(Br)cc1C(F)(F)F. The maximum absolute atomic E-state index is 12.8. The van der Waals surface area contributed by atoms with Gasteiger partial charge in [0.2, 0.25) is 0 Å². The van der Waals surface area contributed by atoms with Crippen molar-refractivity contribution in [3.63, 3.8) is 0 Å². The fourth-order valence-electron chi connectivity index (χ4n) is 1.39. The van der Waals surface area contributed by atoms with Crippen LogP contribution < -0.4 is 10.6 Å².